The van der Waals surface area contributed by atoms with E-state index in [1.165, 1.54) is 18.3 Å². The molecule has 0 aliphatic heterocycles. The van der Waals surface area contributed by atoms with E-state index in [1.807, 2.05) is 0 Å². The van der Waals surface area contributed by atoms with Crippen molar-refractivity contribution < 1.29 is 31.1 Å². The van der Waals surface area contributed by atoms with Gasteiger partial charge in [0.1, 0.15) is 5.65 Å². The average Bonchev–Trinajstić information content (AvgIpc) is 2.68. The zero-order valence-electron chi connectivity index (χ0n) is 9.51. The van der Waals surface area contributed by atoms with Gasteiger partial charge in [-0.05, 0) is 12.1 Å². The fraction of sp³-hybridized carbons (Fsp3) is 0.273. The highest BCUT2D eigenvalue weighted by Gasteiger charge is 2.61. The molecule has 2 heterocycles. The molecule has 2 aromatic rings. The molecule has 0 fully saturated rings. The Bertz CT molecular complexity index is 628. The molecule has 0 saturated heterocycles. The van der Waals surface area contributed by atoms with Gasteiger partial charge >= 0.3 is 12.4 Å². The summed E-state index contributed by atoms with van der Waals surface area (Å²) in [5, 5.41) is -0.0870. The van der Waals surface area contributed by atoms with E-state index in [-0.39, 0.29) is 11.0 Å². The van der Waals surface area contributed by atoms with E-state index < -0.39 is 29.6 Å². The Hall–Kier alpha value is -2.06. The lowest BCUT2D eigenvalue weighted by Gasteiger charge is -2.21. The van der Waals surface area contributed by atoms with Gasteiger partial charge < -0.3 is 4.98 Å². The monoisotopic (exact) mass is 296 g/mol. The average molecular weight is 296 g/mol. The standard InChI is InChI=1S/C11H6F6N2O/c12-10(13,14)8(11(15,16)17)7(20)6-4-19-9-5(6)2-1-3-18-9/h1-4,8H,(H,18,19). The first-order chi connectivity index (χ1) is 9.12. The highest BCUT2D eigenvalue weighted by Crippen LogP contribution is 2.41. The summed E-state index contributed by atoms with van der Waals surface area (Å²) < 4.78 is 75.0. The van der Waals surface area contributed by atoms with E-state index in [1.54, 1.807) is 0 Å². The quantitative estimate of drug-likeness (QED) is 0.681. The van der Waals surface area contributed by atoms with Crippen LogP contribution in [0.25, 0.3) is 11.0 Å². The smallest absolute Gasteiger partial charge is 0.345 e. The number of nitrogens with zero attached hydrogens (tertiary/aromatic N) is 1. The predicted octanol–water partition coefficient (Wildman–Crippen LogP) is 3.49. The molecular weight excluding hydrogens is 290 g/mol. The maximum atomic E-state index is 12.5. The third kappa shape index (κ3) is 2.47. The number of carbonyl (C=O) groups is 1. The highest BCUT2D eigenvalue weighted by atomic mass is 19.4. The number of pyridine rings is 1. The maximum Gasteiger partial charge on any atom is 0.407 e. The molecule has 0 saturated carbocycles. The van der Waals surface area contributed by atoms with Crippen LogP contribution in [0.4, 0.5) is 26.3 Å². The minimum atomic E-state index is -5.71. The number of halogens is 6. The number of rotatable bonds is 2. The molecular formula is C11H6F6N2O. The Morgan fingerprint density at radius 3 is 2.30 bits per heavy atom. The third-order valence-corrected chi connectivity index (χ3v) is 2.63. The van der Waals surface area contributed by atoms with Crippen molar-refractivity contribution >= 4 is 16.8 Å². The number of hydrogen-bond donors (Lipinski definition) is 1. The van der Waals surface area contributed by atoms with Crippen LogP contribution in [-0.4, -0.2) is 28.1 Å². The van der Waals surface area contributed by atoms with E-state index in [2.05, 4.69) is 9.97 Å². The molecule has 0 bridgehead atoms. The van der Waals surface area contributed by atoms with Crippen molar-refractivity contribution in [2.24, 2.45) is 5.92 Å². The van der Waals surface area contributed by atoms with Gasteiger partial charge in [-0.3, -0.25) is 4.79 Å². The number of Topliss-reactive ketones (excluding diaryl/α,β-unsaturated/α-hetero) is 1. The maximum absolute atomic E-state index is 12.5. The minimum Gasteiger partial charge on any atom is -0.345 e. The van der Waals surface area contributed by atoms with Crippen LogP contribution in [0.3, 0.4) is 0 Å². The highest BCUT2D eigenvalue weighted by molar-refractivity contribution is 6.08. The minimum absolute atomic E-state index is 0.0407. The molecule has 3 nitrogen and oxygen atoms in total. The molecule has 0 spiro atoms. The van der Waals surface area contributed by atoms with Gasteiger partial charge in [-0.25, -0.2) is 4.98 Å². The van der Waals surface area contributed by atoms with E-state index in [0.29, 0.717) is 0 Å². The second kappa shape index (κ2) is 4.50. The predicted molar refractivity (Wildman–Crippen MR) is 56.0 cm³/mol. The number of carbonyl (C=O) groups excluding carboxylic acids is 1. The third-order valence-electron chi connectivity index (χ3n) is 2.63. The van der Waals surface area contributed by atoms with Gasteiger partial charge in [0, 0.05) is 23.3 Å². The van der Waals surface area contributed by atoms with Gasteiger partial charge in [-0.1, -0.05) is 0 Å². The Morgan fingerprint density at radius 1 is 1.15 bits per heavy atom. The lowest BCUT2D eigenvalue weighted by molar-refractivity contribution is -0.264. The largest absolute Gasteiger partial charge is 0.407 e. The number of nitrogens with one attached hydrogen (secondary N) is 1. The SMILES string of the molecule is O=C(c1c[nH]c2ncccc12)C(C(F)(F)F)C(F)(F)F. The molecule has 9 heteroatoms. The van der Waals surface area contributed by atoms with Crippen LogP contribution in [0.5, 0.6) is 0 Å². The van der Waals surface area contributed by atoms with Crippen molar-refractivity contribution in [1.82, 2.24) is 9.97 Å². The van der Waals surface area contributed by atoms with Crippen molar-refractivity contribution in [3.8, 4) is 0 Å². The van der Waals surface area contributed by atoms with Gasteiger partial charge in [0.15, 0.2) is 5.78 Å². The first-order valence-corrected chi connectivity index (χ1v) is 5.22. The first-order valence-electron chi connectivity index (χ1n) is 5.22. The van der Waals surface area contributed by atoms with E-state index in [9.17, 15) is 31.1 Å². The van der Waals surface area contributed by atoms with Crippen LogP contribution >= 0.6 is 0 Å². The second-order valence-electron chi connectivity index (χ2n) is 3.98. The van der Waals surface area contributed by atoms with Crippen LogP contribution in [0.2, 0.25) is 0 Å². The lowest BCUT2D eigenvalue weighted by Crippen LogP contribution is -2.42. The number of aromatic amines is 1. The number of ketones is 1. The fourth-order valence-electron chi connectivity index (χ4n) is 1.80. The van der Waals surface area contributed by atoms with Crippen molar-refractivity contribution in [2.75, 3.05) is 0 Å². The summed E-state index contributed by atoms with van der Waals surface area (Å²) in [5.74, 6) is -6.10. The first kappa shape index (κ1) is 14.4. The molecule has 0 aliphatic rings. The number of hydrogen-bond acceptors (Lipinski definition) is 2. The molecule has 0 amide bonds. The summed E-state index contributed by atoms with van der Waals surface area (Å²) >= 11 is 0. The number of fused-ring (bicyclic) bond motifs is 1. The molecule has 20 heavy (non-hydrogen) atoms. The van der Waals surface area contributed by atoms with Crippen LogP contribution < -0.4 is 0 Å². The van der Waals surface area contributed by atoms with Crippen LogP contribution in [-0.2, 0) is 0 Å². The van der Waals surface area contributed by atoms with E-state index in [4.69, 9.17) is 0 Å². The molecule has 0 radical (unpaired) electrons. The van der Waals surface area contributed by atoms with Gasteiger partial charge in [-0.2, -0.15) is 26.3 Å². The summed E-state index contributed by atoms with van der Waals surface area (Å²) in [7, 11) is 0. The lowest BCUT2D eigenvalue weighted by atomic mass is 9.96. The number of H-pyrrole nitrogens is 1. The number of alkyl halides is 6. The summed E-state index contributed by atoms with van der Waals surface area (Å²) in [6.45, 7) is 0. The van der Waals surface area contributed by atoms with Crippen molar-refractivity contribution in [3.63, 3.8) is 0 Å². The molecule has 1 N–H and O–H groups in total. The Kier molecular flexibility index (Phi) is 3.23. The fourth-order valence-corrected chi connectivity index (χ4v) is 1.80. The summed E-state index contributed by atoms with van der Waals surface area (Å²) in [4.78, 5) is 17.7. The van der Waals surface area contributed by atoms with E-state index in [0.717, 1.165) is 6.20 Å². The van der Waals surface area contributed by atoms with Crippen LogP contribution in [0, 0.1) is 5.92 Å². The summed E-state index contributed by atoms with van der Waals surface area (Å²) in [6.07, 6.45) is -9.33. The van der Waals surface area contributed by atoms with Gasteiger partial charge in [0.05, 0.1) is 0 Å². The van der Waals surface area contributed by atoms with Gasteiger partial charge in [0.25, 0.3) is 0 Å². The molecule has 2 rings (SSSR count). The zero-order valence-corrected chi connectivity index (χ0v) is 9.51. The molecule has 0 aromatic carbocycles. The summed E-state index contributed by atoms with van der Waals surface area (Å²) in [5.41, 5.74) is -0.647. The molecule has 0 atom stereocenters. The number of aromatic nitrogens is 2. The Balaban J connectivity index is 2.53. The van der Waals surface area contributed by atoms with Gasteiger partial charge in [0.2, 0.25) is 5.92 Å². The Labute approximate surface area is 107 Å². The topological polar surface area (TPSA) is 45.8 Å². The Morgan fingerprint density at radius 2 is 1.75 bits per heavy atom. The van der Waals surface area contributed by atoms with Crippen molar-refractivity contribution in [2.45, 2.75) is 12.4 Å². The van der Waals surface area contributed by atoms with Crippen LogP contribution in [0.1, 0.15) is 10.4 Å². The van der Waals surface area contributed by atoms with Crippen LogP contribution in [0.15, 0.2) is 24.5 Å². The molecule has 0 unspecified atom stereocenters. The van der Waals surface area contributed by atoms with Crippen molar-refractivity contribution in [3.05, 3.63) is 30.1 Å². The normalized spacial score (nSPS) is 13.2. The molecule has 108 valence electrons. The molecule has 2 aromatic heterocycles. The summed E-state index contributed by atoms with van der Waals surface area (Å²) in [6, 6.07) is 2.53. The van der Waals surface area contributed by atoms with E-state index >= 15 is 0 Å². The van der Waals surface area contributed by atoms with Crippen molar-refractivity contribution in [1.29, 1.82) is 0 Å². The zero-order chi connectivity index (χ0) is 15.1. The van der Waals surface area contributed by atoms with Gasteiger partial charge in [-0.15, -0.1) is 0 Å². The second-order valence-corrected chi connectivity index (χ2v) is 3.98. The molecule has 0 aliphatic carbocycles.